The van der Waals surface area contributed by atoms with Crippen LogP contribution in [0.25, 0.3) is 10.9 Å². The van der Waals surface area contributed by atoms with Gasteiger partial charge in [0, 0.05) is 34.6 Å². The fourth-order valence-electron chi connectivity index (χ4n) is 4.86. The van der Waals surface area contributed by atoms with Gasteiger partial charge in [-0.1, -0.05) is 63.1 Å². The average molecular weight is 409 g/mol. The number of carbonyl (C=O) groups is 1. The van der Waals surface area contributed by atoms with Crippen LogP contribution >= 0.6 is 0 Å². The molecule has 3 aromatic rings. The first-order valence-electron chi connectivity index (χ1n) is 10.8. The van der Waals surface area contributed by atoms with E-state index >= 15 is 0 Å². The van der Waals surface area contributed by atoms with Crippen molar-refractivity contribution in [1.82, 2.24) is 9.88 Å². The molecule has 5 heteroatoms. The topological polar surface area (TPSA) is 54.3 Å². The lowest BCUT2D eigenvalue weighted by Crippen LogP contribution is -2.40. The molecule has 1 heterocycles. The highest BCUT2D eigenvalue weighted by Crippen LogP contribution is 2.32. The van der Waals surface area contributed by atoms with E-state index in [1.54, 1.807) is 22.8 Å². The number of hydrogen-bond acceptors (Lipinski definition) is 2. The maximum atomic E-state index is 14.3. The van der Waals surface area contributed by atoms with E-state index in [-0.39, 0.29) is 18.1 Å². The van der Waals surface area contributed by atoms with Crippen LogP contribution in [0.4, 0.5) is 4.39 Å². The number of carboxylic acid groups (broad SMARTS) is 1. The van der Waals surface area contributed by atoms with Gasteiger partial charge in [0.25, 0.3) is 0 Å². The molecule has 1 fully saturated rings. The number of hydrogen-bond donors (Lipinski definition) is 2. The van der Waals surface area contributed by atoms with Gasteiger partial charge in [0.05, 0.1) is 6.54 Å². The predicted molar refractivity (Wildman–Crippen MR) is 117 cm³/mol. The maximum Gasteiger partial charge on any atom is 0.352 e. The molecule has 0 bridgehead atoms. The molecule has 158 valence electrons. The molecular weight excluding hydrogens is 379 g/mol. The molecule has 0 amide bonds. The summed E-state index contributed by atoms with van der Waals surface area (Å²) in [4.78, 5) is 12.3. The Morgan fingerprint density at radius 3 is 2.63 bits per heavy atom. The van der Waals surface area contributed by atoms with Crippen molar-refractivity contribution >= 4 is 16.9 Å². The summed E-state index contributed by atoms with van der Waals surface area (Å²) < 4.78 is 16.0. The summed E-state index contributed by atoms with van der Waals surface area (Å²) >= 11 is 0. The van der Waals surface area contributed by atoms with Crippen LogP contribution in [0, 0.1) is 17.7 Å². The second-order valence-corrected chi connectivity index (χ2v) is 8.58. The molecule has 3 atom stereocenters. The third-order valence-electron chi connectivity index (χ3n) is 6.81. The monoisotopic (exact) mass is 408 g/mol. The normalized spacial score (nSPS) is 21.8. The Balaban J connectivity index is 1.73. The number of halogens is 1. The zero-order chi connectivity index (χ0) is 21.3. The van der Waals surface area contributed by atoms with Gasteiger partial charge in [-0.15, -0.1) is 0 Å². The van der Waals surface area contributed by atoms with Gasteiger partial charge in [0.1, 0.15) is 11.5 Å². The van der Waals surface area contributed by atoms with E-state index in [1.165, 1.54) is 18.9 Å². The van der Waals surface area contributed by atoms with E-state index in [0.717, 1.165) is 22.9 Å². The van der Waals surface area contributed by atoms with E-state index in [0.29, 0.717) is 30.0 Å². The van der Waals surface area contributed by atoms with Crippen molar-refractivity contribution < 1.29 is 14.3 Å². The molecule has 1 aliphatic carbocycles. The highest BCUT2D eigenvalue weighted by atomic mass is 19.1. The Labute approximate surface area is 176 Å². The van der Waals surface area contributed by atoms with Gasteiger partial charge in [-0.3, -0.25) is 0 Å². The Morgan fingerprint density at radius 2 is 1.87 bits per heavy atom. The standard InChI is InChI=1S/C25H29FN2O2/c1-16-8-7-12-22(17(16)2)27-14-20-19-10-4-6-13-23(19)28(24(20)25(29)30)15-18-9-3-5-11-21(18)26/h3-6,9-11,13,16-17,22,27H,7-8,12,14-15H2,1-2H3,(H,29,30)/t16-,17+,22-/m1/s1. The third kappa shape index (κ3) is 3.86. The number of fused-ring (bicyclic) bond motifs is 1. The highest BCUT2D eigenvalue weighted by molar-refractivity contribution is 5.98. The Kier molecular flexibility index (Phi) is 5.91. The molecule has 1 aromatic heterocycles. The average Bonchev–Trinajstić information content (AvgIpc) is 3.04. The van der Waals surface area contributed by atoms with Gasteiger partial charge < -0.3 is 15.0 Å². The molecule has 4 nitrogen and oxygen atoms in total. The number of nitrogens with one attached hydrogen (secondary N) is 1. The lowest BCUT2D eigenvalue weighted by Gasteiger charge is -2.34. The van der Waals surface area contributed by atoms with Crippen LogP contribution in [0.15, 0.2) is 48.5 Å². The van der Waals surface area contributed by atoms with Crippen LogP contribution in [0.2, 0.25) is 0 Å². The largest absolute Gasteiger partial charge is 0.477 e. The molecule has 2 aromatic carbocycles. The summed E-state index contributed by atoms with van der Waals surface area (Å²) in [6.45, 7) is 5.25. The molecule has 4 rings (SSSR count). The molecule has 0 unspecified atom stereocenters. The summed E-state index contributed by atoms with van der Waals surface area (Å²) in [5.41, 5.74) is 2.32. The minimum Gasteiger partial charge on any atom is -0.477 e. The summed E-state index contributed by atoms with van der Waals surface area (Å²) in [6.07, 6.45) is 3.56. The van der Waals surface area contributed by atoms with Crippen molar-refractivity contribution in [2.45, 2.75) is 52.2 Å². The fourth-order valence-corrected chi connectivity index (χ4v) is 4.86. The van der Waals surface area contributed by atoms with Crippen LogP contribution < -0.4 is 5.32 Å². The molecule has 1 aliphatic rings. The minimum atomic E-state index is -0.982. The van der Waals surface area contributed by atoms with Gasteiger partial charge in [0.2, 0.25) is 0 Å². The summed E-state index contributed by atoms with van der Waals surface area (Å²) in [6, 6.07) is 14.6. The number of rotatable bonds is 6. The lowest BCUT2D eigenvalue weighted by molar-refractivity contribution is 0.0684. The number of aromatic carboxylic acids is 1. The molecule has 0 saturated heterocycles. The lowest BCUT2D eigenvalue weighted by atomic mass is 9.78. The SMILES string of the molecule is C[C@H]1[C@H](C)CCC[C@H]1NCc1c(C(=O)O)n(Cc2ccccc2F)c2ccccc12. The molecule has 0 spiro atoms. The molecular formula is C25H29FN2O2. The van der Waals surface area contributed by atoms with Gasteiger partial charge in [0.15, 0.2) is 0 Å². The van der Waals surface area contributed by atoms with Gasteiger partial charge >= 0.3 is 5.97 Å². The van der Waals surface area contributed by atoms with E-state index in [9.17, 15) is 14.3 Å². The summed E-state index contributed by atoms with van der Waals surface area (Å²) in [5.74, 6) is -0.0860. The van der Waals surface area contributed by atoms with Crippen molar-refractivity contribution in [2.24, 2.45) is 11.8 Å². The molecule has 0 radical (unpaired) electrons. The molecule has 30 heavy (non-hydrogen) atoms. The van der Waals surface area contributed by atoms with Crippen molar-refractivity contribution in [3.8, 4) is 0 Å². The van der Waals surface area contributed by atoms with Crippen molar-refractivity contribution in [1.29, 1.82) is 0 Å². The fraction of sp³-hybridized carbons (Fsp3) is 0.400. The number of aromatic nitrogens is 1. The minimum absolute atomic E-state index is 0.186. The van der Waals surface area contributed by atoms with Crippen molar-refractivity contribution in [3.05, 3.63) is 71.2 Å². The van der Waals surface area contributed by atoms with E-state index in [2.05, 4.69) is 19.2 Å². The van der Waals surface area contributed by atoms with E-state index in [4.69, 9.17) is 0 Å². The first-order valence-corrected chi connectivity index (χ1v) is 10.8. The quantitative estimate of drug-likeness (QED) is 0.571. The van der Waals surface area contributed by atoms with Gasteiger partial charge in [-0.25, -0.2) is 9.18 Å². The zero-order valence-corrected chi connectivity index (χ0v) is 17.6. The predicted octanol–water partition coefficient (Wildman–Crippen LogP) is 5.44. The number of carboxylic acids is 1. The first kappa shape index (κ1) is 20.6. The molecule has 1 saturated carbocycles. The first-order chi connectivity index (χ1) is 14.5. The van der Waals surface area contributed by atoms with Crippen LogP contribution in [0.5, 0.6) is 0 Å². The maximum absolute atomic E-state index is 14.3. The van der Waals surface area contributed by atoms with Crippen LogP contribution in [-0.2, 0) is 13.1 Å². The smallest absolute Gasteiger partial charge is 0.352 e. The molecule has 2 N–H and O–H groups in total. The van der Waals surface area contributed by atoms with E-state index < -0.39 is 5.97 Å². The molecule has 0 aliphatic heterocycles. The Bertz CT molecular complexity index is 1060. The van der Waals surface area contributed by atoms with Crippen molar-refractivity contribution in [2.75, 3.05) is 0 Å². The van der Waals surface area contributed by atoms with Crippen LogP contribution in [-0.4, -0.2) is 21.7 Å². The second-order valence-electron chi connectivity index (χ2n) is 8.58. The third-order valence-corrected chi connectivity index (χ3v) is 6.81. The summed E-state index contributed by atoms with van der Waals surface area (Å²) in [7, 11) is 0. The van der Waals surface area contributed by atoms with Gasteiger partial charge in [-0.05, 0) is 30.4 Å². The van der Waals surface area contributed by atoms with Crippen LogP contribution in [0.3, 0.4) is 0 Å². The zero-order valence-electron chi connectivity index (χ0n) is 17.6. The highest BCUT2D eigenvalue weighted by Gasteiger charge is 2.28. The Morgan fingerprint density at radius 1 is 1.13 bits per heavy atom. The Hall–Kier alpha value is -2.66. The number of para-hydroxylation sites is 1. The van der Waals surface area contributed by atoms with Crippen LogP contribution in [0.1, 0.15) is 54.7 Å². The summed E-state index contributed by atoms with van der Waals surface area (Å²) in [5, 5.41) is 14.6. The van der Waals surface area contributed by atoms with Crippen molar-refractivity contribution in [3.63, 3.8) is 0 Å². The van der Waals surface area contributed by atoms with E-state index in [1.807, 2.05) is 24.3 Å². The second kappa shape index (κ2) is 8.60. The number of nitrogens with zero attached hydrogens (tertiary/aromatic N) is 1. The van der Waals surface area contributed by atoms with Gasteiger partial charge in [-0.2, -0.15) is 0 Å². The number of benzene rings is 2.